The SMILES string of the molecule is CC(=O)N1CCN(C(=O)CNc2nc(C)nc3sc(C)c(C)c23)CC1. The Morgan fingerprint density at radius 2 is 1.72 bits per heavy atom. The maximum Gasteiger partial charge on any atom is 0.242 e. The molecule has 0 aliphatic carbocycles. The number of piperazine rings is 1. The van der Waals surface area contributed by atoms with Crippen LogP contribution >= 0.6 is 11.3 Å². The molecule has 25 heavy (non-hydrogen) atoms. The molecule has 0 saturated carbocycles. The first-order valence-electron chi connectivity index (χ1n) is 8.38. The van der Waals surface area contributed by atoms with Gasteiger partial charge in [-0.3, -0.25) is 9.59 Å². The van der Waals surface area contributed by atoms with E-state index < -0.39 is 0 Å². The summed E-state index contributed by atoms with van der Waals surface area (Å²) in [5.74, 6) is 1.50. The zero-order valence-electron chi connectivity index (χ0n) is 15.0. The van der Waals surface area contributed by atoms with E-state index in [-0.39, 0.29) is 18.4 Å². The first-order chi connectivity index (χ1) is 11.9. The van der Waals surface area contributed by atoms with Crippen LogP contribution in [0.1, 0.15) is 23.2 Å². The van der Waals surface area contributed by atoms with Crippen LogP contribution in [0, 0.1) is 20.8 Å². The quantitative estimate of drug-likeness (QED) is 0.901. The van der Waals surface area contributed by atoms with Gasteiger partial charge in [0.2, 0.25) is 11.8 Å². The largest absolute Gasteiger partial charge is 0.360 e. The zero-order chi connectivity index (χ0) is 18.1. The number of aromatic nitrogens is 2. The van der Waals surface area contributed by atoms with Crippen LogP contribution in [0.25, 0.3) is 10.2 Å². The van der Waals surface area contributed by atoms with Crippen molar-refractivity contribution in [1.82, 2.24) is 19.8 Å². The van der Waals surface area contributed by atoms with Crippen molar-refractivity contribution in [1.29, 1.82) is 0 Å². The van der Waals surface area contributed by atoms with Crippen LogP contribution in [0.2, 0.25) is 0 Å². The lowest BCUT2D eigenvalue weighted by Crippen LogP contribution is -2.51. The second-order valence-electron chi connectivity index (χ2n) is 6.32. The van der Waals surface area contributed by atoms with Crippen molar-refractivity contribution in [2.75, 3.05) is 38.0 Å². The molecule has 2 aromatic rings. The van der Waals surface area contributed by atoms with Crippen LogP contribution in [0.4, 0.5) is 5.82 Å². The van der Waals surface area contributed by atoms with Crippen molar-refractivity contribution in [2.24, 2.45) is 0 Å². The number of thiophene rings is 1. The summed E-state index contributed by atoms with van der Waals surface area (Å²) in [6, 6.07) is 0. The number of carbonyl (C=O) groups excluding carboxylic acids is 2. The minimum Gasteiger partial charge on any atom is -0.360 e. The van der Waals surface area contributed by atoms with E-state index in [4.69, 9.17) is 0 Å². The van der Waals surface area contributed by atoms with E-state index in [1.165, 1.54) is 4.88 Å². The molecule has 0 aromatic carbocycles. The maximum absolute atomic E-state index is 12.5. The third-order valence-electron chi connectivity index (χ3n) is 4.63. The van der Waals surface area contributed by atoms with Crippen molar-refractivity contribution in [3.63, 3.8) is 0 Å². The highest BCUT2D eigenvalue weighted by Crippen LogP contribution is 2.33. The van der Waals surface area contributed by atoms with Gasteiger partial charge >= 0.3 is 0 Å². The molecule has 1 saturated heterocycles. The lowest BCUT2D eigenvalue weighted by atomic mass is 10.2. The Bertz CT molecular complexity index is 824. The zero-order valence-corrected chi connectivity index (χ0v) is 15.9. The lowest BCUT2D eigenvalue weighted by molar-refractivity contribution is -0.137. The summed E-state index contributed by atoms with van der Waals surface area (Å²) >= 11 is 1.65. The predicted molar refractivity (Wildman–Crippen MR) is 98.9 cm³/mol. The molecule has 1 N–H and O–H groups in total. The van der Waals surface area contributed by atoms with Crippen molar-refractivity contribution in [2.45, 2.75) is 27.7 Å². The number of nitrogens with zero attached hydrogens (tertiary/aromatic N) is 4. The Balaban J connectivity index is 1.69. The molecule has 2 aromatic heterocycles. The van der Waals surface area contributed by atoms with Gasteiger partial charge in [-0.1, -0.05) is 0 Å². The molecule has 0 spiro atoms. The molecule has 0 atom stereocenters. The summed E-state index contributed by atoms with van der Waals surface area (Å²) in [6.45, 7) is 10.1. The van der Waals surface area contributed by atoms with Crippen LogP contribution in [0.5, 0.6) is 0 Å². The lowest BCUT2D eigenvalue weighted by Gasteiger charge is -2.34. The Kier molecular flexibility index (Phi) is 4.89. The second-order valence-corrected chi connectivity index (χ2v) is 7.53. The number of aryl methyl sites for hydroxylation is 3. The second kappa shape index (κ2) is 6.95. The van der Waals surface area contributed by atoms with Gasteiger partial charge in [-0.05, 0) is 26.3 Å². The van der Waals surface area contributed by atoms with Crippen molar-refractivity contribution in [3.8, 4) is 0 Å². The molecular formula is C17H23N5O2S. The maximum atomic E-state index is 12.5. The summed E-state index contributed by atoms with van der Waals surface area (Å²) in [5.41, 5.74) is 1.16. The van der Waals surface area contributed by atoms with Gasteiger partial charge in [0.1, 0.15) is 16.5 Å². The van der Waals surface area contributed by atoms with Gasteiger partial charge < -0.3 is 15.1 Å². The summed E-state index contributed by atoms with van der Waals surface area (Å²) in [6.07, 6.45) is 0. The average molecular weight is 361 g/mol. The highest BCUT2D eigenvalue weighted by Gasteiger charge is 2.22. The first-order valence-corrected chi connectivity index (χ1v) is 9.20. The van der Waals surface area contributed by atoms with Crippen molar-refractivity contribution in [3.05, 3.63) is 16.3 Å². The van der Waals surface area contributed by atoms with Crippen LogP contribution < -0.4 is 5.32 Å². The van der Waals surface area contributed by atoms with Gasteiger partial charge in [-0.15, -0.1) is 11.3 Å². The van der Waals surface area contributed by atoms with Gasteiger partial charge in [0.05, 0.1) is 11.9 Å². The molecule has 3 rings (SSSR count). The molecular weight excluding hydrogens is 338 g/mol. The molecule has 3 heterocycles. The predicted octanol–water partition coefficient (Wildman–Crippen LogP) is 1.72. The number of carbonyl (C=O) groups is 2. The topological polar surface area (TPSA) is 78.4 Å². The summed E-state index contributed by atoms with van der Waals surface area (Å²) in [7, 11) is 0. The van der Waals surface area contributed by atoms with Gasteiger partial charge in [0.25, 0.3) is 0 Å². The Morgan fingerprint density at radius 1 is 1.08 bits per heavy atom. The van der Waals surface area contributed by atoms with E-state index >= 15 is 0 Å². The Labute approximate surface area is 151 Å². The summed E-state index contributed by atoms with van der Waals surface area (Å²) in [5, 5.41) is 4.20. The van der Waals surface area contributed by atoms with Gasteiger partial charge in [-0.25, -0.2) is 9.97 Å². The van der Waals surface area contributed by atoms with E-state index in [1.54, 1.807) is 28.1 Å². The molecule has 1 aliphatic heterocycles. The molecule has 7 nitrogen and oxygen atoms in total. The fourth-order valence-corrected chi connectivity index (χ4v) is 4.10. The normalized spacial score (nSPS) is 14.9. The van der Waals surface area contributed by atoms with E-state index in [0.29, 0.717) is 32.0 Å². The van der Waals surface area contributed by atoms with E-state index in [2.05, 4.69) is 29.1 Å². The minimum atomic E-state index is 0.0252. The van der Waals surface area contributed by atoms with Crippen LogP contribution in [0.15, 0.2) is 0 Å². The molecule has 2 amide bonds. The highest BCUT2D eigenvalue weighted by atomic mass is 32.1. The number of rotatable bonds is 3. The molecule has 1 aliphatic rings. The van der Waals surface area contributed by atoms with Crippen molar-refractivity contribution >= 4 is 39.2 Å². The van der Waals surface area contributed by atoms with E-state index in [1.807, 2.05) is 6.92 Å². The third kappa shape index (κ3) is 3.58. The fraction of sp³-hybridized carbons (Fsp3) is 0.529. The molecule has 8 heteroatoms. The Morgan fingerprint density at radius 3 is 2.36 bits per heavy atom. The van der Waals surface area contributed by atoms with Gasteiger partial charge in [-0.2, -0.15) is 0 Å². The van der Waals surface area contributed by atoms with E-state index in [0.717, 1.165) is 21.6 Å². The average Bonchev–Trinajstić information content (AvgIpc) is 2.86. The van der Waals surface area contributed by atoms with Gasteiger partial charge in [0, 0.05) is 38.0 Å². The van der Waals surface area contributed by atoms with Crippen LogP contribution in [-0.2, 0) is 9.59 Å². The monoisotopic (exact) mass is 361 g/mol. The number of amides is 2. The van der Waals surface area contributed by atoms with Crippen molar-refractivity contribution < 1.29 is 9.59 Å². The standard InChI is InChI=1S/C17H23N5O2S/c1-10-11(2)25-17-15(10)16(19-12(3)20-17)18-9-14(24)22-7-5-21(6-8-22)13(4)23/h5-9H2,1-4H3,(H,18,19,20). The number of nitrogens with one attached hydrogen (secondary N) is 1. The number of hydrogen-bond acceptors (Lipinski definition) is 6. The fourth-order valence-electron chi connectivity index (χ4n) is 3.03. The summed E-state index contributed by atoms with van der Waals surface area (Å²) < 4.78 is 0. The Hall–Kier alpha value is -2.22. The third-order valence-corrected chi connectivity index (χ3v) is 5.73. The summed E-state index contributed by atoms with van der Waals surface area (Å²) in [4.78, 5) is 38.6. The molecule has 134 valence electrons. The van der Waals surface area contributed by atoms with Crippen LogP contribution in [0.3, 0.4) is 0 Å². The van der Waals surface area contributed by atoms with E-state index in [9.17, 15) is 9.59 Å². The minimum absolute atomic E-state index is 0.0252. The number of anilines is 1. The number of fused-ring (bicyclic) bond motifs is 1. The van der Waals surface area contributed by atoms with Gasteiger partial charge in [0.15, 0.2) is 0 Å². The molecule has 1 fully saturated rings. The molecule has 0 unspecified atom stereocenters. The van der Waals surface area contributed by atoms with Crippen LogP contribution in [-0.4, -0.2) is 64.3 Å². The highest BCUT2D eigenvalue weighted by molar-refractivity contribution is 7.18. The molecule has 0 radical (unpaired) electrons. The first kappa shape index (κ1) is 17.6. The number of hydrogen-bond donors (Lipinski definition) is 1. The molecule has 0 bridgehead atoms. The smallest absolute Gasteiger partial charge is 0.242 e.